The van der Waals surface area contributed by atoms with Gasteiger partial charge in [-0.1, -0.05) is 18.2 Å². The van der Waals surface area contributed by atoms with E-state index < -0.39 is 0 Å². The zero-order valence-corrected chi connectivity index (χ0v) is 13.1. The number of nitrogens with zero attached hydrogens (tertiary/aromatic N) is 4. The summed E-state index contributed by atoms with van der Waals surface area (Å²) in [7, 11) is 0. The predicted octanol–water partition coefficient (Wildman–Crippen LogP) is 2.15. The second-order valence-corrected chi connectivity index (χ2v) is 5.49. The Morgan fingerprint density at radius 2 is 2.17 bits per heavy atom. The summed E-state index contributed by atoms with van der Waals surface area (Å²) in [6.45, 7) is 2.33. The molecule has 0 aliphatic carbocycles. The van der Waals surface area contributed by atoms with Gasteiger partial charge in [-0.3, -0.25) is 4.79 Å². The molecule has 0 saturated heterocycles. The molecule has 1 aromatic carbocycles. The number of hydrogen-bond acceptors (Lipinski definition) is 5. The third-order valence-electron chi connectivity index (χ3n) is 3.77. The van der Waals surface area contributed by atoms with E-state index in [0.717, 1.165) is 22.4 Å². The number of aromatic nitrogens is 4. The third-order valence-corrected chi connectivity index (χ3v) is 3.77. The Bertz CT molecular complexity index is 1000. The number of para-hydroxylation sites is 1. The number of carbonyl (C=O) groups is 1. The van der Waals surface area contributed by atoms with Gasteiger partial charge in [-0.25, -0.2) is 9.50 Å². The molecular weight excluding hydrogens is 306 g/mol. The van der Waals surface area contributed by atoms with Crippen molar-refractivity contribution in [1.29, 1.82) is 0 Å². The number of carbonyl (C=O) groups excluding carboxylic acids is 1. The molecule has 24 heavy (non-hydrogen) atoms. The van der Waals surface area contributed by atoms with Gasteiger partial charge in [-0.15, -0.1) is 5.10 Å². The van der Waals surface area contributed by atoms with Gasteiger partial charge in [0.15, 0.2) is 0 Å². The Balaban J connectivity index is 1.43. The molecule has 4 aromatic rings. The smallest absolute Gasteiger partial charge is 0.291 e. The highest BCUT2D eigenvalue weighted by Crippen LogP contribution is 2.18. The number of aryl methyl sites for hydroxylation is 1. The molecule has 7 nitrogen and oxygen atoms in total. The number of nitrogens with one attached hydrogen (secondary N) is 1. The standard InChI is InChI=1S/C17H15N5O2/c1-11-6-8-19-17-20-15(21-22(11)17)16(23)18-9-7-13-10-12-4-2-3-5-14(12)24-13/h2-6,8,10H,7,9H2,1H3,(H,18,23). The molecule has 0 unspecified atom stereocenters. The van der Waals surface area contributed by atoms with E-state index in [4.69, 9.17) is 4.42 Å². The fourth-order valence-corrected chi connectivity index (χ4v) is 2.54. The van der Waals surface area contributed by atoms with Gasteiger partial charge in [0.1, 0.15) is 11.3 Å². The minimum absolute atomic E-state index is 0.112. The van der Waals surface area contributed by atoms with E-state index in [2.05, 4.69) is 20.4 Å². The zero-order chi connectivity index (χ0) is 16.5. The summed E-state index contributed by atoms with van der Waals surface area (Å²) in [5.74, 6) is 1.03. The molecule has 0 bridgehead atoms. The lowest BCUT2D eigenvalue weighted by molar-refractivity contribution is 0.0943. The normalized spacial score (nSPS) is 11.2. The number of fused-ring (bicyclic) bond motifs is 2. The Kier molecular flexibility index (Phi) is 3.45. The summed E-state index contributed by atoms with van der Waals surface area (Å²) in [5, 5.41) is 8.05. The molecule has 0 atom stereocenters. The molecule has 0 fully saturated rings. The van der Waals surface area contributed by atoms with E-state index in [1.165, 1.54) is 0 Å². The van der Waals surface area contributed by atoms with Crippen molar-refractivity contribution < 1.29 is 9.21 Å². The number of amides is 1. The highest BCUT2D eigenvalue weighted by molar-refractivity contribution is 5.90. The van der Waals surface area contributed by atoms with Gasteiger partial charge < -0.3 is 9.73 Å². The van der Waals surface area contributed by atoms with E-state index in [9.17, 15) is 4.79 Å². The predicted molar refractivity (Wildman–Crippen MR) is 87.8 cm³/mol. The molecule has 0 spiro atoms. The molecule has 1 amide bonds. The maximum absolute atomic E-state index is 12.2. The lowest BCUT2D eigenvalue weighted by Crippen LogP contribution is -2.26. The van der Waals surface area contributed by atoms with Gasteiger partial charge in [0, 0.05) is 30.2 Å². The van der Waals surface area contributed by atoms with E-state index in [1.807, 2.05) is 43.3 Å². The number of hydrogen-bond donors (Lipinski definition) is 1. The van der Waals surface area contributed by atoms with Gasteiger partial charge in [0.25, 0.3) is 11.7 Å². The maximum Gasteiger partial charge on any atom is 0.291 e. The van der Waals surface area contributed by atoms with Crippen LogP contribution in [0, 0.1) is 6.92 Å². The highest BCUT2D eigenvalue weighted by atomic mass is 16.3. The molecule has 0 saturated carbocycles. The summed E-state index contributed by atoms with van der Waals surface area (Å²) in [5.41, 5.74) is 1.72. The fourth-order valence-electron chi connectivity index (χ4n) is 2.54. The van der Waals surface area contributed by atoms with Crippen LogP contribution >= 0.6 is 0 Å². The lowest BCUT2D eigenvalue weighted by atomic mass is 10.2. The quantitative estimate of drug-likeness (QED) is 0.622. The molecule has 3 heterocycles. The lowest BCUT2D eigenvalue weighted by Gasteiger charge is -2.00. The van der Waals surface area contributed by atoms with Gasteiger partial charge in [0.05, 0.1) is 0 Å². The van der Waals surface area contributed by atoms with Crippen LogP contribution in [0.3, 0.4) is 0 Å². The van der Waals surface area contributed by atoms with Crippen molar-refractivity contribution in [3.05, 3.63) is 59.9 Å². The van der Waals surface area contributed by atoms with Crippen molar-refractivity contribution in [2.45, 2.75) is 13.3 Å². The first-order chi connectivity index (χ1) is 11.7. The summed E-state index contributed by atoms with van der Waals surface area (Å²) in [6, 6.07) is 11.6. The molecule has 0 aliphatic heterocycles. The second kappa shape index (κ2) is 5.77. The van der Waals surface area contributed by atoms with Crippen LogP contribution in [0.1, 0.15) is 22.1 Å². The van der Waals surface area contributed by atoms with Crippen molar-refractivity contribution >= 4 is 22.7 Å². The van der Waals surface area contributed by atoms with Crippen LogP contribution in [0.2, 0.25) is 0 Å². The Morgan fingerprint density at radius 3 is 3.00 bits per heavy atom. The molecule has 1 N–H and O–H groups in total. The zero-order valence-electron chi connectivity index (χ0n) is 13.1. The van der Waals surface area contributed by atoms with Gasteiger partial charge in [-0.2, -0.15) is 4.98 Å². The van der Waals surface area contributed by atoms with Crippen molar-refractivity contribution in [3.8, 4) is 0 Å². The van der Waals surface area contributed by atoms with Gasteiger partial charge in [0.2, 0.25) is 5.82 Å². The summed E-state index contributed by atoms with van der Waals surface area (Å²) >= 11 is 0. The first-order valence-electron chi connectivity index (χ1n) is 7.65. The molecule has 0 aliphatic rings. The number of rotatable bonds is 4. The average Bonchev–Trinajstić information content (AvgIpc) is 3.18. The van der Waals surface area contributed by atoms with E-state index in [-0.39, 0.29) is 11.7 Å². The highest BCUT2D eigenvalue weighted by Gasteiger charge is 2.14. The van der Waals surface area contributed by atoms with Crippen molar-refractivity contribution in [3.63, 3.8) is 0 Å². The van der Waals surface area contributed by atoms with Crippen molar-refractivity contribution in [2.24, 2.45) is 0 Å². The third kappa shape index (κ3) is 2.60. The Hall–Kier alpha value is -3.22. The van der Waals surface area contributed by atoms with E-state index >= 15 is 0 Å². The van der Waals surface area contributed by atoms with E-state index in [0.29, 0.717) is 18.7 Å². The monoisotopic (exact) mass is 321 g/mol. The van der Waals surface area contributed by atoms with Crippen molar-refractivity contribution in [1.82, 2.24) is 24.9 Å². The molecule has 7 heteroatoms. The van der Waals surface area contributed by atoms with Crippen LogP contribution in [-0.2, 0) is 6.42 Å². The van der Waals surface area contributed by atoms with Crippen LogP contribution in [0.25, 0.3) is 16.7 Å². The van der Waals surface area contributed by atoms with Crippen LogP contribution in [-0.4, -0.2) is 32.0 Å². The summed E-state index contributed by atoms with van der Waals surface area (Å²) < 4.78 is 7.27. The Morgan fingerprint density at radius 1 is 1.29 bits per heavy atom. The summed E-state index contributed by atoms with van der Waals surface area (Å²) in [6.07, 6.45) is 2.24. The van der Waals surface area contributed by atoms with Crippen LogP contribution in [0.4, 0.5) is 0 Å². The SMILES string of the molecule is Cc1ccnc2nc(C(=O)NCCc3cc4ccccc4o3)nn12. The first kappa shape index (κ1) is 14.4. The molecule has 3 aromatic heterocycles. The van der Waals surface area contributed by atoms with Crippen LogP contribution in [0.15, 0.2) is 47.0 Å². The van der Waals surface area contributed by atoms with Gasteiger partial charge in [-0.05, 0) is 25.1 Å². The van der Waals surface area contributed by atoms with Crippen LogP contribution < -0.4 is 5.32 Å². The molecule has 0 radical (unpaired) electrons. The topological polar surface area (TPSA) is 85.3 Å². The molecule has 120 valence electrons. The molecular formula is C17H15N5O2. The fraction of sp³-hybridized carbons (Fsp3) is 0.176. The van der Waals surface area contributed by atoms with Gasteiger partial charge >= 0.3 is 0 Å². The van der Waals surface area contributed by atoms with E-state index in [1.54, 1.807) is 10.7 Å². The minimum Gasteiger partial charge on any atom is -0.461 e. The second-order valence-electron chi connectivity index (χ2n) is 5.49. The van der Waals surface area contributed by atoms with Crippen molar-refractivity contribution in [2.75, 3.05) is 6.54 Å². The molecule has 4 rings (SSSR count). The number of furan rings is 1. The average molecular weight is 321 g/mol. The maximum atomic E-state index is 12.2. The Labute approximate surface area is 137 Å². The summed E-state index contributed by atoms with van der Waals surface area (Å²) in [4.78, 5) is 20.4. The first-order valence-corrected chi connectivity index (χ1v) is 7.65. The van der Waals surface area contributed by atoms with Crippen LogP contribution in [0.5, 0.6) is 0 Å². The minimum atomic E-state index is -0.323. The number of benzene rings is 1. The largest absolute Gasteiger partial charge is 0.461 e.